The largest absolute Gasteiger partial charge is 0.492 e. The molecule has 2 aliphatic rings. The van der Waals surface area contributed by atoms with Gasteiger partial charge in [0.15, 0.2) is 0 Å². The molecule has 0 spiro atoms. The Morgan fingerprint density at radius 3 is 2.48 bits per heavy atom. The molecule has 5 heteroatoms. The van der Waals surface area contributed by atoms with Crippen LogP contribution in [0.15, 0.2) is 24.3 Å². The molecule has 1 saturated heterocycles. The van der Waals surface area contributed by atoms with Gasteiger partial charge in [-0.15, -0.1) is 0 Å². The lowest BCUT2D eigenvalue weighted by atomic mass is 9.87. The molecule has 5 nitrogen and oxygen atoms in total. The number of nitrogens with zero attached hydrogens (tertiary/aromatic N) is 2. The summed E-state index contributed by atoms with van der Waals surface area (Å²) in [6, 6.07) is 8.55. The second kappa shape index (κ2) is 9.45. The smallest absolute Gasteiger partial charge is 0.237 e. The maximum atomic E-state index is 12.7. The lowest BCUT2D eigenvalue weighted by Gasteiger charge is -2.39. The first-order valence-electron chi connectivity index (χ1n) is 10.6. The summed E-state index contributed by atoms with van der Waals surface area (Å²) in [5.41, 5.74) is 1.16. The van der Waals surface area contributed by atoms with Crippen molar-refractivity contribution in [3.05, 3.63) is 24.3 Å². The van der Waals surface area contributed by atoms with Crippen LogP contribution in [0, 0.1) is 5.92 Å². The third kappa shape index (κ3) is 5.16. The molecule has 1 unspecified atom stereocenters. The number of para-hydroxylation sites is 2. The van der Waals surface area contributed by atoms with Gasteiger partial charge in [0, 0.05) is 32.2 Å². The highest BCUT2D eigenvalue weighted by Crippen LogP contribution is 2.29. The van der Waals surface area contributed by atoms with Crippen molar-refractivity contribution in [1.29, 1.82) is 0 Å². The Kier molecular flexibility index (Phi) is 7.00. The van der Waals surface area contributed by atoms with Crippen LogP contribution in [0.5, 0.6) is 5.75 Å². The van der Waals surface area contributed by atoms with Gasteiger partial charge in [-0.3, -0.25) is 9.69 Å². The number of carbonyl (C=O) groups is 1. The van der Waals surface area contributed by atoms with E-state index in [1.165, 1.54) is 12.8 Å². The number of hydrogen-bond acceptors (Lipinski definition) is 4. The minimum atomic E-state index is -0.0614. The summed E-state index contributed by atoms with van der Waals surface area (Å²) in [4.78, 5) is 17.4. The third-order valence-electron chi connectivity index (χ3n) is 6.11. The van der Waals surface area contributed by atoms with Gasteiger partial charge in [-0.2, -0.15) is 0 Å². The summed E-state index contributed by atoms with van der Waals surface area (Å²) in [7, 11) is 0. The Bertz CT molecular complexity index is 605. The van der Waals surface area contributed by atoms with Gasteiger partial charge in [0.2, 0.25) is 5.91 Å². The molecule has 1 aromatic carbocycles. The van der Waals surface area contributed by atoms with Crippen LogP contribution in [0.2, 0.25) is 0 Å². The fourth-order valence-electron chi connectivity index (χ4n) is 4.24. The van der Waals surface area contributed by atoms with Gasteiger partial charge in [0.1, 0.15) is 5.75 Å². The number of nitrogens with one attached hydrogen (secondary N) is 1. The molecule has 0 aromatic heterocycles. The molecule has 1 aliphatic carbocycles. The first-order valence-corrected chi connectivity index (χ1v) is 10.6. The van der Waals surface area contributed by atoms with E-state index in [-0.39, 0.29) is 11.9 Å². The standard InChI is InChI=1S/C22H35N3O2/c1-4-27-21-8-6-5-7-20(21)25-15-13-24(14-16-25)18(3)22(26)23-19-11-9-17(2)10-12-19/h5-8,17-19H,4,9-16H2,1-3H3,(H,23,26). The maximum absolute atomic E-state index is 12.7. The average molecular weight is 374 g/mol. The Hall–Kier alpha value is -1.75. The zero-order valence-electron chi connectivity index (χ0n) is 17.1. The number of benzene rings is 1. The van der Waals surface area contributed by atoms with Crippen molar-refractivity contribution in [1.82, 2.24) is 10.2 Å². The molecule has 150 valence electrons. The monoisotopic (exact) mass is 373 g/mol. The zero-order valence-corrected chi connectivity index (χ0v) is 17.1. The van der Waals surface area contributed by atoms with Crippen LogP contribution < -0.4 is 15.0 Å². The molecule has 1 aliphatic heterocycles. The van der Waals surface area contributed by atoms with Gasteiger partial charge >= 0.3 is 0 Å². The van der Waals surface area contributed by atoms with E-state index in [1.807, 2.05) is 26.0 Å². The predicted octanol–water partition coefficient (Wildman–Crippen LogP) is 3.29. The van der Waals surface area contributed by atoms with Gasteiger partial charge in [-0.05, 0) is 57.6 Å². The summed E-state index contributed by atoms with van der Waals surface area (Å²) in [6.07, 6.45) is 4.72. The van der Waals surface area contributed by atoms with Gasteiger partial charge in [-0.1, -0.05) is 19.1 Å². The van der Waals surface area contributed by atoms with Crippen molar-refractivity contribution < 1.29 is 9.53 Å². The molecule has 2 fully saturated rings. The molecule has 27 heavy (non-hydrogen) atoms. The van der Waals surface area contributed by atoms with Crippen LogP contribution in [0.25, 0.3) is 0 Å². The summed E-state index contributed by atoms with van der Waals surface area (Å²) in [5, 5.41) is 3.29. The summed E-state index contributed by atoms with van der Waals surface area (Å²) in [6.45, 7) is 10.7. The van der Waals surface area contributed by atoms with Crippen molar-refractivity contribution >= 4 is 11.6 Å². The van der Waals surface area contributed by atoms with Crippen LogP contribution in [-0.2, 0) is 4.79 Å². The van der Waals surface area contributed by atoms with Crippen LogP contribution >= 0.6 is 0 Å². The first-order chi connectivity index (χ1) is 13.1. The van der Waals surface area contributed by atoms with Crippen molar-refractivity contribution in [2.45, 2.75) is 58.5 Å². The lowest BCUT2D eigenvalue weighted by Crippen LogP contribution is -2.55. The molecule has 1 saturated carbocycles. The first kappa shape index (κ1) is 20.0. The number of rotatable bonds is 6. The number of ether oxygens (including phenoxy) is 1. The van der Waals surface area contributed by atoms with E-state index in [2.05, 4.69) is 34.2 Å². The fourth-order valence-corrected chi connectivity index (χ4v) is 4.24. The molecule has 1 atom stereocenters. The van der Waals surface area contributed by atoms with E-state index < -0.39 is 0 Å². The number of piperazine rings is 1. The highest BCUT2D eigenvalue weighted by molar-refractivity contribution is 5.81. The molecular formula is C22H35N3O2. The predicted molar refractivity (Wildman–Crippen MR) is 110 cm³/mol. The fraction of sp³-hybridized carbons (Fsp3) is 0.682. The Morgan fingerprint density at radius 1 is 1.15 bits per heavy atom. The van der Waals surface area contributed by atoms with Crippen LogP contribution in [-0.4, -0.2) is 55.7 Å². The van der Waals surface area contributed by atoms with E-state index >= 15 is 0 Å². The molecule has 1 heterocycles. The third-order valence-corrected chi connectivity index (χ3v) is 6.11. The SMILES string of the molecule is CCOc1ccccc1N1CCN(C(C)C(=O)NC2CCC(C)CC2)CC1. The van der Waals surface area contributed by atoms with E-state index in [9.17, 15) is 4.79 Å². The topological polar surface area (TPSA) is 44.8 Å². The van der Waals surface area contributed by atoms with E-state index in [0.717, 1.165) is 56.4 Å². The van der Waals surface area contributed by atoms with E-state index in [1.54, 1.807) is 0 Å². The second-order valence-corrected chi connectivity index (χ2v) is 8.07. The van der Waals surface area contributed by atoms with Crippen molar-refractivity contribution in [3.63, 3.8) is 0 Å². The minimum Gasteiger partial charge on any atom is -0.492 e. The summed E-state index contributed by atoms with van der Waals surface area (Å²) < 4.78 is 5.78. The molecule has 3 rings (SSSR count). The second-order valence-electron chi connectivity index (χ2n) is 8.07. The molecule has 1 amide bonds. The van der Waals surface area contributed by atoms with E-state index in [4.69, 9.17) is 4.74 Å². The lowest BCUT2D eigenvalue weighted by molar-refractivity contribution is -0.127. The zero-order chi connectivity index (χ0) is 19.2. The summed E-state index contributed by atoms with van der Waals surface area (Å²) >= 11 is 0. The van der Waals surface area contributed by atoms with Gasteiger partial charge in [0.25, 0.3) is 0 Å². The van der Waals surface area contributed by atoms with Gasteiger partial charge in [0.05, 0.1) is 18.3 Å². The Balaban J connectivity index is 1.50. The van der Waals surface area contributed by atoms with Crippen molar-refractivity contribution in [3.8, 4) is 5.75 Å². The van der Waals surface area contributed by atoms with Crippen LogP contribution in [0.4, 0.5) is 5.69 Å². The van der Waals surface area contributed by atoms with Crippen LogP contribution in [0.3, 0.4) is 0 Å². The molecule has 0 radical (unpaired) electrons. The Labute approximate surface area is 164 Å². The summed E-state index contributed by atoms with van der Waals surface area (Å²) in [5.74, 6) is 1.95. The maximum Gasteiger partial charge on any atom is 0.237 e. The number of amides is 1. The number of carbonyl (C=O) groups excluding carboxylic acids is 1. The molecular weight excluding hydrogens is 338 g/mol. The molecule has 0 bridgehead atoms. The Morgan fingerprint density at radius 2 is 1.81 bits per heavy atom. The average Bonchev–Trinajstić information content (AvgIpc) is 2.70. The number of hydrogen-bond donors (Lipinski definition) is 1. The van der Waals surface area contributed by atoms with Gasteiger partial charge < -0.3 is 15.0 Å². The van der Waals surface area contributed by atoms with Crippen LogP contribution in [0.1, 0.15) is 46.5 Å². The normalized spacial score (nSPS) is 25.1. The molecule has 1 aromatic rings. The molecule has 1 N–H and O–H groups in total. The minimum absolute atomic E-state index is 0.0614. The van der Waals surface area contributed by atoms with Gasteiger partial charge in [-0.25, -0.2) is 0 Å². The van der Waals surface area contributed by atoms with E-state index in [0.29, 0.717) is 12.6 Å². The van der Waals surface area contributed by atoms with Crippen molar-refractivity contribution in [2.24, 2.45) is 5.92 Å². The number of anilines is 1. The highest BCUT2D eigenvalue weighted by Gasteiger charge is 2.28. The highest BCUT2D eigenvalue weighted by atomic mass is 16.5. The quantitative estimate of drug-likeness (QED) is 0.831. The van der Waals surface area contributed by atoms with Crippen molar-refractivity contribution in [2.75, 3.05) is 37.7 Å².